The summed E-state index contributed by atoms with van der Waals surface area (Å²) in [5, 5.41) is 6.20. The Morgan fingerprint density at radius 1 is 1.11 bits per heavy atom. The van der Waals surface area contributed by atoms with Crippen LogP contribution in [0.4, 0.5) is 5.69 Å². The second-order valence-electron chi connectivity index (χ2n) is 6.23. The molecular weight excluding hydrogens is 346 g/mol. The van der Waals surface area contributed by atoms with Crippen molar-refractivity contribution >= 4 is 28.4 Å². The molecule has 0 radical (unpaired) electrons. The lowest BCUT2D eigenvalue weighted by atomic mass is 10.1. The third-order valence-corrected chi connectivity index (χ3v) is 4.41. The van der Waals surface area contributed by atoms with Crippen LogP contribution in [0.2, 0.25) is 0 Å². The summed E-state index contributed by atoms with van der Waals surface area (Å²) in [4.78, 5) is 35.9. The van der Waals surface area contributed by atoms with E-state index in [1.807, 2.05) is 24.3 Å². The summed E-state index contributed by atoms with van der Waals surface area (Å²) in [6.07, 6.45) is 1.61. The number of anilines is 1. The number of fused-ring (bicyclic) bond motifs is 2. The highest BCUT2D eigenvalue weighted by Crippen LogP contribution is 2.30. The van der Waals surface area contributed by atoms with Gasteiger partial charge in [0, 0.05) is 24.2 Å². The highest BCUT2D eigenvalue weighted by atomic mass is 16.5. The Morgan fingerprint density at radius 3 is 2.85 bits per heavy atom. The number of ether oxygens (including phenoxy) is 1. The Hall–Kier alpha value is -3.61. The Kier molecular flexibility index (Phi) is 4.33. The zero-order valence-electron chi connectivity index (χ0n) is 14.4. The van der Waals surface area contributed by atoms with Crippen molar-refractivity contribution in [3.8, 4) is 5.75 Å². The van der Waals surface area contributed by atoms with E-state index in [9.17, 15) is 14.4 Å². The first-order valence-electron chi connectivity index (χ1n) is 8.51. The monoisotopic (exact) mass is 363 g/mol. The summed E-state index contributed by atoms with van der Waals surface area (Å²) < 4.78 is 7.11. The zero-order chi connectivity index (χ0) is 18.8. The molecule has 7 nitrogen and oxygen atoms in total. The minimum absolute atomic E-state index is 0.0117. The van der Waals surface area contributed by atoms with Crippen LogP contribution in [0.1, 0.15) is 5.56 Å². The molecule has 7 heteroatoms. The van der Waals surface area contributed by atoms with Gasteiger partial charge in [-0.1, -0.05) is 24.3 Å². The average molecular weight is 363 g/mol. The van der Waals surface area contributed by atoms with Crippen LogP contribution >= 0.6 is 0 Å². The normalized spacial score (nSPS) is 12.8. The van der Waals surface area contributed by atoms with Gasteiger partial charge in [0.25, 0.3) is 5.91 Å². The zero-order valence-corrected chi connectivity index (χ0v) is 14.4. The number of nitrogens with zero attached hydrogens (tertiary/aromatic N) is 1. The quantitative estimate of drug-likeness (QED) is 0.738. The molecule has 0 bridgehead atoms. The van der Waals surface area contributed by atoms with Crippen LogP contribution in [0.5, 0.6) is 5.75 Å². The van der Waals surface area contributed by atoms with E-state index in [1.165, 1.54) is 6.07 Å². The summed E-state index contributed by atoms with van der Waals surface area (Å²) in [5.74, 6) is 0.165. The smallest absolute Gasteiger partial charge is 0.262 e. The van der Waals surface area contributed by atoms with Crippen molar-refractivity contribution in [1.82, 2.24) is 9.88 Å². The van der Waals surface area contributed by atoms with Crippen molar-refractivity contribution in [2.24, 2.45) is 0 Å². The van der Waals surface area contributed by atoms with Gasteiger partial charge >= 0.3 is 0 Å². The molecule has 0 saturated heterocycles. The van der Waals surface area contributed by atoms with Crippen molar-refractivity contribution in [2.75, 3.05) is 11.9 Å². The van der Waals surface area contributed by atoms with E-state index in [2.05, 4.69) is 10.6 Å². The van der Waals surface area contributed by atoms with Crippen LogP contribution in [0.3, 0.4) is 0 Å². The van der Waals surface area contributed by atoms with E-state index < -0.39 is 0 Å². The second-order valence-corrected chi connectivity index (χ2v) is 6.23. The number of nitrogens with one attached hydrogen (secondary N) is 2. The van der Waals surface area contributed by atoms with E-state index in [0.717, 1.165) is 5.56 Å². The molecule has 2 heterocycles. The molecule has 0 saturated carbocycles. The van der Waals surface area contributed by atoms with Crippen LogP contribution in [0, 0.1) is 0 Å². The Balaban J connectivity index is 1.50. The minimum atomic E-state index is -0.221. The molecular formula is C20H17N3O4. The number of aromatic nitrogens is 1. The lowest BCUT2D eigenvalue weighted by Gasteiger charge is -2.21. The summed E-state index contributed by atoms with van der Waals surface area (Å²) in [7, 11) is 0. The van der Waals surface area contributed by atoms with Gasteiger partial charge in [0.15, 0.2) is 12.0 Å². The van der Waals surface area contributed by atoms with Crippen LogP contribution in [0.15, 0.2) is 59.5 Å². The van der Waals surface area contributed by atoms with Crippen molar-refractivity contribution in [2.45, 2.75) is 13.1 Å². The van der Waals surface area contributed by atoms with Crippen LogP contribution in [-0.4, -0.2) is 23.0 Å². The Morgan fingerprint density at radius 2 is 1.96 bits per heavy atom. The molecule has 3 aromatic rings. The number of pyridine rings is 1. The molecule has 4 rings (SSSR count). The summed E-state index contributed by atoms with van der Waals surface area (Å²) >= 11 is 0. The molecule has 2 N–H and O–H groups in total. The van der Waals surface area contributed by atoms with Gasteiger partial charge in [-0.25, -0.2) is 0 Å². The van der Waals surface area contributed by atoms with Crippen molar-refractivity contribution in [1.29, 1.82) is 0 Å². The fraction of sp³-hybridized carbons (Fsp3) is 0.150. The van der Waals surface area contributed by atoms with Gasteiger partial charge < -0.3 is 19.9 Å². The maximum absolute atomic E-state index is 12.4. The number of hydrogen-bond donors (Lipinski definition) is 2. The molecule has 27 heavy (non-hydrogen) atoms. The highest BCUT2D eigenvalue weighted by Gasteiger charge is 2.19. The number of carbonyl (C=O) groups is 2. The molecule has 136 valence electrons. The van der Waals surface area contributed by atoms with Gasteiger partial charge in [-0.3, -0.25) is 14.4 Å². The van der Waals surface area contributed by atoms with Crippen molar-refractivity contribution in [3.63, 3.8) is 0 Å². The molecule has 0 aliphatic carbocycles. The van der Waals surface area contributed by atoms with Crippen LogP contribution in [0.25, 0.3) is 10.9 Å². The Labute approximate surface area is 154 Å². The van der Waals surface area contributed by atoms with Crippen LogP contribution < -0.4 is 20.8 Å². The molecule has 0 unspecified atom stereocenters. The summed E-state index contributed by atoms with van der Waals surface area (Å²) in [5.41, 5.74) is 1.98. The van der Waals surface area contributed by atoms with Gasteiger partial charge in [-0.2, -0.15) is 0 Å². The molecule has 1 aliphatic heterocycles. The molecule has 1 aromatic heterocycles. The maximum Gasteiger partial charge on any atom is 0.262 e. The average Bonchev–Trinajstić information content (AvgIpc) is 2.69. The first kappa shape index (κ1) is 16.8. The van der Waals surface area contributed by atoms with E-state index in [1.54, 1.807) is 29.0 Å². The molecule has 2 amide bonds. The number of amides is 2. The van der Waals surface area contributed by atoms with E-state index in [4.69, 9.17) is 4.74 Å². The third-order valence-electron chi connectivity index (χ3n) is 4.41. The van der Waals surface area contributed by atoms with E-state index in [0.29, 0.717) is 22.3 Å². The van der Waals surface area contributed by atoms with Gasteiger partial charge in [0.1, 0.15) is 12.3 Å². The molecule has 0 spiro atoms. The lowest BCUT2D eigenvalue weighted by molar-refractivity contribution is -0.121. The topological polar surface area (TPSA) is 89.4 Å². The molecule has 0 fully saturated rings. The van der Waals surface area contributed by atoms with Gasteiger partial charge in [0.2, 0.25) is 5.91 Å². The lowest BCUT2D eigenvalue weighted by Crippen LogP contribution is -2.30. The fourth-order valence-corrected chi connectivity index (χ4v) is 3.11. The van der Waals surface area contributed by atoms with Crippen molar-refractivity contribution < 1.29 is 14.3 Å². The third kappa shape index (κ3) is 3.39. The van der Waals surface area contributed by atoms with Gasteiger partial charge in [-0.15, -0.1) is 0 Å². The first-order valence-corrected chi connectivity index (χ1v) is 8.51. The summed E-state index contributed by atoms with van der Waals surface area (Å²) in [6, 6.07) is 14.0. The predicted octanol–water partition coefficient (Wildman–Crippen LogP) is 1.65. The largest absolute Gasteiger partial charge is 0.482 e. The highest BCUT2D eigenvalue weighted by molar-refractivity contribution is 5.96. The molecule has 2 aromatic carbocycles. The number of benzene rings is 2. The minimum Gasteiger partial charge on any atom is -0.482 e. The first-order chi connectivity index (χ1) is 13.1. The number of carbonyl (C=O) groups excluding carboxylic acids is 2. The van der Waals surface area contributed by atoms with Gasteiger partial charge in [0.05, 0.1) is 11.2 Å². The van der Waals surface area contributed by atoms with E-state index in [-0.39, 0.29) is 36.9 Å². The van der Waals surface area contributed by atoms with Crippen molar-refractivity contribution in [3.05, 3.63) is 70.5 Å². The SMILES string of the molecule is O=C(Cn1ccc(=O)c2ccccc21)NCc1cccc2c1NC(=O)CO2. The van der Waals surface area contributed by atoms with E-state index >= 15 is 0 Å². The standard InChI is InChI=1S/C20H17N3O4/c24-16-8-9-23(15-6-2-1-5-14(15)16)11-18(25)21-10-13-4-3-7-17-20(13)22-19(26)12-27-17/h1-9H,10-12H2,(H,21,25)(H,22,26). The maximum atomic E-state index is 12.4. The molecule has 0 atom stereocenters. The molecule has 1 aliphatic rings. The van der Waals surface area contributed by atoms with Crippen LogP contribution in [-0.2, 0) is 22.7 Å². The summed E-state index contributed by atoms with van der Waals surface area (Å²) in [6.45, 7) is 0.324. The number of para-hydroxylation sites is 2. The second kappa shape index (κ2) is 6.95. The number of rotatable bonds is 4. The van der Waals surface area contributed by atoms with Gasteiger partial charge in [-0.05, 0) is 23.8 Å². The number of hydrogen-bond acceptors (Lipinski definition) is 4. The Bertz CT molecular complexity index is 1100. The fourth-order valence-electron chi connectivity index (χ4n) is 3.11. The predicted molar refractivity (Wildman–Crippen MR) is 101 cm³/mol.